The first-order valence-electron chi connectivity index (χ1n) is 12.8. The highest BCUT2D eigenvalue weighted by Gasteiger charge is 2.30. The zero-order valence-electron chi connectivity index (χ0n) is 23.1. The Kier molecular flexibility index (Phi) is 7.65. The number of carbonyl (C=O) groups is 1. The Morgan fingerprint density at radius 1 is 1.18 bits per heavy atom. The van der Waals surface area contributed by atoms with Gasteiger partial charge in [0.05, 0.1) is 10.2 Å². The number of rotatable bonds is 4. The molecule has 0 aliphatic carbocycles. The van der Waals surface area contributed by atoms with Crippen molar-refractivity contribution in [2.45, 2.75) is 71.6 Å². The van der Waals surface area contributed by atoms with Crippen molar-refractivity contribution >= 4 is 39.7 Å². The molecule has 10 heteroatoms. The minimum atomic E-state index is -0.607. The third kappa shape index (κ3) is 6.06. The van der Waals surface area contributed by atoms with E-state index in [1.807, 2.05) is 33.2 Å². The number of fused-ring (bicyclic) bond motifs is 1. The summed E-state index contributed by atoms with van der Waals surface area (Å²) in [5.74, 6) is 0.378. The molecule has 0 unspecified atom stereocenters. The van der Waals surface area contributed by atoms with Crippen LogP contribution in [0.5, 0.6) is 0 Å². The highest BCUT2D eigenvalue weighted by Crippen LogP contribution is 2.38. The second-order valence-electron chi connectivity index (χ2n) is 11.7. The second-order valence-corrected chi connectivity index (χ2v) is 12.6. The lowest BCUT2D eigenvalue weighted by Crippen LogP contribution is -2.47. The molecule has 0 saturated carbocycles. The molecule has 1 aliphatic rings. The number of ether oxygens (including phenoxy) is 1. The molecule has 1 amide bonds. The van der Waals surface area contributed by atoms with Gasteiger partial charge in [-0.3, -0.25) is 0 Å². The summed E-state index contributed by atoms with van der Waals surface area (Å²) < 4.78 is 22.4. The number of nitrogens with zero attached hydrogens (tertiary/aromatic N) is 5. The van der Waals surface area contributed by atoms with E-state index in [1.54, 1.807) is 37.8 Å². The third-order valence-electron chi connectivity index (χ3n) is 6.54. The number of hydroxylamine groups is 1. The molecule has 38 heavy (non-hydrogen) atoms. The number of benzene rings is 1. The molecule has 0 bridgehead atoms. The molecule has 8 nitrogen and oxygen atoms in total. The molecule has 2 aromatic heterocycles. The molecule has 1 aliphatic heterocycles. The summed E-state index contributed by atoms with van der Waals surface area (Å²) in [6, 6.07) is 5.01. The van der Waals surface area contributed by atoms with Crippen molar-refractivity contribution in [2.75, 3.05) is 25.0 Å². The summed E-state index contributed by atoms with van der Waals surface area (Å²) in [4.78, 5) is 25.4. The van der Waals surface area contributed by atoms with Crippen molar-refractivity contribution < 1.29 is 18.7 Å². The van der Waals surface area contributed by atoms with Crippen LogP contribution in [0.1, 0.15) is 59.9 Å². The molecular formula is C28H36FN5O3S. The van der Waals surface area contributed by atoms with Crippen molar-refractivity contribution in [2.24, 2.45) is 0 Å². The van der Waals surface area contributed by atoms with Gasteiger partial charge in [0.1, 0.15) is 23.6 Å². The maximum absolute atomic E-state index is 15.2. The fourth-order valence-corrected chi connectivity index (χ4v) is 5.43. The van der Waals surface area contributed by atoms with E-state index < -0.39 is 17.0 Å². The van der Waals surface area contributed by atoms with Crippen molar-refractivity contribution in [1.82, 2.24) is 14.9 Å². The number of hydrogen-bond donors (Lipinski definition) is 0. The Hall–Kier alpha value is -3.27. The lowest BCUT2D eigenvalue weighted by atomic mass is 10.0. The molecule has 3 aromatic rings. The van der Waals surface area contributed by atoms with Gasteiger partial charge in [-0.1, -0.05) is 6.07 Å². The fraction of sp³-hybridized carbons (Fsp3) is 0.500. The number of amides is 1. The Balaban J connectivity index is 1.54. The topological polar surface area (TPSA) is 84.6 Å². The predicted octanol–water partition coefficient (Wildman–Crippen LogP) is 6.06. The summed E-state index contributed by atoms with van der Waals surface area (Å²) in [5, 5.41) is 14.2. The number of likely N-dealkylation sites (tertiary alicyclic amines) is 1. The van der Waals surface area contributed by atoms with Gasteiger partial charge in [0.25, 0.3) is 0 Å². The second kappa shape index (κ2) is 10.5. The zero-order chi connectivity index (χ0) is 27.8. The molecule has 0 radical (unpaired) electrons. The number of piperidine rings is 1. The summed E-state index contributed by atoms with van der Waals surface area (Å²) in [7, 11) is 2.00. The van der Waals surface area contributed by atoms with Crippen molar-refractivity contribution in [3.8, 4) is 11.1 Å². The van der Waals surface area contributed by atoms with Crippen LogP contribution in [0.25, 0.3) is 21.3 Å². The van der Waals surface area contributed by atoms with E-state index in [0.29, 0.717) is 35.3 Å². The number of thiophene rings is 1. The van der Waals surface area contributed by atoms with Crippen LogP contribution in [0.4, 0.5) is 15.0 Å². The molecule has 0 atom stereocenters. The van der Waals surface area contributed by atoms with E-state index in [-0.39, 0.29) is 12.1 Å². The third-order valence-corrected chi connectivity index (χ3v) is 7.51. The highest BCUT2D eigenvalue weighted by atomic mass is 32.1. The van der Waals surface area contributed by atoms with E-state index in [2.05, 4.69) is 14.9 Å². The summed E-state index contributed by atoms with van der Waals surface area (Å²) in [6.45, 7) is 12.2. The monoisotopic (exact) mass is 541 g/mol. The SMILES string of the molecule is CN(c1ncnc2c(-c3ccc(/C=[N+](\[O-])C(C)(C)C)cc3F)csc12)C1CCN(C(=O)OC(C)(C)C)CC1. The van der Waals surface area contributed by atoms with Crippen LogP contribution >= 0.6 is 11.3 Å². The van der Waals surface area contributed by atoms with Crippen molar-refractivity contribution in [1.29, 1.82) is 0 Å². The lowest BCUT2D eigenvalue weighted by molar-refractivity contribution is -0.530. The summed E-state index contributed by atoms with van der Waals surface area (Å²) >= 11 is 1.48. The molecule has 3 heterocycles. The molecule has 1 saturated heterocycles. The van der Waals surface area contributed by atoms with Crippen molar-refractivity contribution in [3.05, 3.63) is 46.5 Å². The van der Waals surface area contributed by atoms with Gasteiger partial charge in [0.15, 0.2) is 11.8 Å². The van der Waals surface area contributed by atoms with Crippen LogP contribution < -0.4 is 4.90 Å². The molecule has 1 fully saturated rings. The van der Waals surface area contributed by atoms with Gasteiger partial charge >= 0.3 is 6.09 Å². The van der Waals surface area contributed by atoms with Crippen LogP contribution in [0.15, 0.2) is 29.9 Å². The Morgan fingerprint density at radius 2 is 1.87 bits per heavy atom. The van der Waals surface area contributed by atoms with E-state index in [9.17, 15) is 10.0 Å². The first kappa shape index (κ1) is 27.8. The molecule has 204 valence electrons. The minimum Gasteiger partial charge on any atom is -0.623 e. The zero-order valence-corrected chi connectivity index (χ0v) is 23.9. The normalized spacial score (nSPS) is 15.7. The van der Waals surface area contributed by atoms with Crippen LogP contribution in [0.3, 0.4) is 0 Å². The highest BCUT2D eigenvalue weighted by molar-refractivity contribution is 7.18. The van der Waals surface area contributed by atoms with E-state index in [0.717, 1.165) is 28.1 Å². The quantitative estimate of drug-likeness (QED) is 0.173. The maximum atomic E-state index is 15.2. The Bertz CT molecular complexity index is 1350. The standard InChI is InChI=1S/C28H36FN5O3S/c1-27(2,3)34(36)15-18-8-9-20(22(29)14-18)21-16-38-24-23(21)30-17-31-25(24)32(7)19-10-12-33(13-11-19)26(35)37-28(4,5)6/h8-9,14-17,19H,10-13H2,1-7H3/b34-15-. The lowest BCUT2D eigenvalue weighted by Gasteiger charge is -2.37. The van der Waals surface area contributed by atoms with E-state index in [4.69, 9.17) is 4.74 Å². The summed E-state index contributed by atoms with van der Waals surface area (Å²) in [6.07, 6.45) is 4.22. The van der Waals surface area contributed by atoms with Crippen LogP contribution in [-0.2, 0) is 4.74 Å². The molecule has 1 aromatic carbocycles. The molecule has 4 rings (SSSR count). The molecule has 0 N–H and O–H groups in total. The van der Waals surface area contributed by atoms with E-state index >= 15 is 4.39 Å². The van der Waals surface area contributed by atoms with Crippen LogP contribution in [-0.4, -0.2) is 69.2 Å². The molecule has 0 spiro atoms. The van der Waals surface area contributed by atoms with Gasteiger partial charge < -0.3 is 19.7 Å². The van der Waals surface area contributed by atoms with Crippen LogP contribution in [0.2, 0.25) is 0 Å². The van der Waals surface area contributed by atoms with Gasteiger partial charge in [-0.15, -0.1) is 11.3 Å². The average Bonchev–Trinajstić information content (AvgIpc) is 3.26. The number of hydrogen-bond acceptors (Lipinski definition) is 7. The molecular weight excluding hydrogens is 505 g/mol. The maximum Gasteiger partial charge on any atom is 0.410 e. The van der Waals surface area contributed by atoms with Gasteiger partial charge in [-0.25, -0.2) is 23.9 Å². The minimum absolute atomic E-state index is 0.196. The number of halogens is 1. The van der Waals surface area contributed by atoms with Gasteiger partial charge in [0.2, 0.25) is 0 Å². The Morgan fingerprint density at radius 3 is 2.47 bits per heavy atom. The summed E-state index contributed by atoms with van der Waals surface area (Å²) in [5.41, 5.74) is 1.19. The average molecular weight is 542 g/mol. The number of anilines is 1. The number of aromatic nitrogens is 2. The smallest absolute Gasteiger partial charge is 0.410 e. The van der Waals surface area contributed by atoms with Gasteiger partial charge in [-0.2, -0.15) is 0 Å². The predicted molar refractivity (Wildman–Crippen MR) is 151 cm³/mol. The first-order chi connectivity index (χ1) is 17.7. The first-order valence-corrected chi connectivity index (χ1v) is 13.7. The van der Waals surface area contributed by atoms with Crippen molar-refractivity contribution in [3.63, 3.8) is 0 Å². The number of carbonyl (C=O) groups excluding carboxylic acids is 1. The fourth-order valence-electron chi connectivity index (χ4n) is 4.38. The van der Waals surface area contributed by atoms with Gasteiger partial charge in [-0.05, 0) is 45.7 Å². The Labute approximate surface area is 227 Å². The van der Waals surface area contributed by atoms with Crippen LogP contribution in [0, 0.1) is 11.0 Å². The largest absolute Gasteiger partial charge is 0.623 e. The van der Waals surface area contributed by atoms with Gasteiger partial charge in [0, 0.05) is 69.0 Å². The van der Waals surface area contributed by atoms with E-state index in [1.165, 1.54) is 29.9 Å².